The summed E-state index contributed by atoms with van der Waals surface area (Å²) in [5.74, 6) is 0. The smallest absolute Gasteiger partial charge is 0.240 e. The van der Waals surface area contributed by atoms with E-state index >= 15 is 0 Å². The number of hydrogen-bond acceptors (Lipinski definition) is 3. The van der Waals surface area contributed by atoms with Crippen LogP contribution in [0.25, 0.3) is 0 Å². The Morgan fingerprint density at radius 3 is 2.37 bits per heavy atom. The van der Waals surface area contributed by atoms with E-state index in [0.29, 0.717) is 0 Å². The summed E-state index contributed by atoms with van der Waals surface area (Å²) < 4.78 is 27.9. The highest BCUT2D eigenvalue weighted by Crippen LogP contribution is 2.20. The third-order valence-electron chi connectivity index (χ3n) is 3.46. The molecule has 19 heavy (non-hydrogen) atoms. The molecule has 0 saturated carbocycles. The van der Waals surface area contributed by atoms with Crippen LogP contribution in [0.1, 0.15) is 32.3 Å². The van der Waals surface area contributed by atoms with Crippen molar-refractivity contribution in [3.8, 4) is 0 Å². The van der Waals surface area contributed by atoms with Crippen molar-refractivity contribution in [2.45, 2.75) is 44.0 Å². The van der Waals surface area contributed by atoms with Gasteiger partial charge < -0.3 is 5.73 Å². The largest absolute Gasteiger partial charge is 0.324 e. The highest BCUT2D eigenvalue weighted by molar-refractivity contribution is 9.10. The van der Waals surface area contributed by atoms with E-state index in [1.165, 1.54) is 0 Å². The fourth-order valence-corrected chi connectivity index (χ4v) is 3.08. The van der Waals surface area contributed by atoms with Gasteiger partial charge in [-0.2, -0.15) is 0 Å². The minimum Gasteiger partial charge on any atom is -0.324 e. The third-order valence-corrected chi connectivity index (χ3v) is 5.75. The van der Waals surface area contributed by atoms with Crippen LogP contribution in [0.4, 0.5) is 0 Å². The Kier molecular flexibility index (Phi) is 5.55. The fourth-order valence-electron chi connectivity index (χ4n) is 1.61. The standard InChI is InChI=1S/C13H21BrN2O2S/c1-4-13(15,5-2)9-16-19(17,18)11-6-7-12(14)10(3)8-11/h6-8,16H,4-5,9,15H2,1-3H3. The number of sulfonamides is 1. The summed E-state index contributed by atoms with van der Waals surface area (Å²) in [5, 5.41) is 0. The number of benzene rings is 1. The van der Waals surface area contributed by atoms with Crippen LogP contribution in [0.2, 0.25) is 0 Å². The van der Waals surface area contributed by atoms with Crippen LogP contribution < -0.4 is 10.5 Å². The zero-order valence-electron chi connectivity index (χ0n) is 11.5. The van der Waals surface area contributed by atoms with Gasteiger partial charge in [0, 0.05) is 16.6 Å². The number of aryl methyl sites for hydroxylation is 1. The SMILES string of the molecule is CCC(N)(CC)CNS(=O)(=O)c1ccc(Br)c(C)c1. The van der Waals surface area contributed by atoms with Crippen LogP contribution in [0.15, 0.2) is 27.6 Å². The normalized spacial score (nSPS) is 12.7. The molecular formula is C13H21BrN2O2S. The molecule has 0 radical (unpaired) electrons. The summed E-state index contributed by atoms with van der Waals surface area (Å²) >= 11 is 3.35. The molecule has 6 heteroatoms. The van der Waals surface area contributed by atoms with Crippen LogP contribution in [0, 0.1) is 6.92 Å². The van der Waals surface area contributed by atoms with Gasteiger partial charge in [0.25, 0.3) is 0 Å². The molecule has 0 aliphatic heterocycles. The number of nitrogens with one attached hydrogen (secondary N) is 1. The minimum atomic E-state index is -3.50. The fraction of sp³-hybridized carbons (Fsp3) is 0.538. The lowest BCUT2D eigenvalue weighted by molar-refractivity contribution is 0.392. The molecule has 4 nitrogen and oxygen atoms in total. The summed E-state index contributed by atoms with van der Waals surface area (Å²) in [7, 11) is -3.50. The molecule has 0 unspecified atom stereocenters. The monoisotopic (exact) mass is 348 g/mol. The summed E-state index contributed by atoms with van der Waals surface area (Å²) in [5.41, 5.74) is 6.50. The topological polar surface area (TPSA) is 72.2 Å². The lowest BCUT2D eigenvalue weighted by Gasteiger charge is -2.26. The molecular weight excluding hydrogens is 328 g/mol. The van der Waals surface area contributed by atoms with E-state index in [2.05, 4.69) is 20.7 Å². The van der Waals surface area contributed by atoms with Crippen LogP contribution in [-0.4, -0.2) is 20.5 Å². The van der Waals surface area contributed by atoms with Crippen molar-refractivity contribution in [3.05, 3.63) is 28.2 Å². The first kappa shape index (κ1) is 16.6. The molecule has 108 valence electrons. The highest BCUT2D eigenvalue weighted by atomic mass is 79.9. The number of hydrogen-bond donors (Lipinski definition) is 2. The predicted molar refractivity (Wildman–Crippen MR) is 81.6 cm³/mol. The van der Waals surface area contributed by atoms with Crippen molar-refractivity contribution in [3.63, 3.8) is 0 Å². The Bertz CT molecular complexity index is 540. The Labute approximate surface area is 124 Å². The van der Waals surface area contributed by atoms with Crippen molar-refractivity contribution in [2.24, 2.45) is 5.73 Å². The molecule has 0 saturated heterocycles. The quantitative estimate of drug-likeness (QED) is 0.829. The molecule has 1 rings (SSSR count). The van der Waals surface area contributed by atoms with Crippen LogP contribution in [-0.2, 0) is 10.0 Å². The molecule has 0 aliphatic rings. The van der Waals surface area contributed by atoms with Gasteiger partial charge in [0.1, 0.15) is 0 Å². The summed E-state index contributed by atoms with van der Waals surface area (Å²) in [6.07, 6.45) is 1.46. The second-order valence-electron chi connectivity index (χ2n) is 4.81. The van der Waals surface area contributed by atoms with E-state index in [1.54, 1.807) is 18.2 Å². The third kappa shape index (κ3) is 4.27. The average Bonchev–Trinajstić information content (AvgIpc) is 2.39. The first-order valence-corrected chi connectivity index (χ1v) is 8.56. The Morgan fingerprint density at radius 1 is 1.32 bits per heavy atom. The van der Waals surface area contributed by atoms with E-state index < -0.39 is 15.6 Å². The highest BCUT2D eigenvalue weighted by Gasteiger charge is 2.24. The van der Waals surface area contributed by atoms with E-state index in [0.717, 1.165) is 22.9 Å². The van der Waals surface area contributed by atoms with Gasteiger partial charge in [-0.05, 0) is 43.5 Å². The van der Waals surface area contributed by atoms with E-state index in [4.69, 9.17) is 5.73 Å². The molecule has 1 aromatic carbocycles. The van der Waals surface area contributed by atoms with Crippen molar-refractivity contribution >= 4 is 26.0 Å². The second kappa shape index (κ2) is 6.35. The van der Waals surface area contributed by atoms with Crippen molar-refractivity contribution < 1.29 is 8.42 Å². The van der Waals surface area contributed by atoms with Gasteiger partial charge in [0.15, 0.2) is 0 Å². The predicted octanol–water partition coefficient (Wildman–Crippen LogP) is 2.55. The molecule has 0 amide bonds. The Morgan fingerprint density at radius 2 is 1.89 bits per heavy atom. The van der Waals surface area contributed by atoms with Gasteiger partial charge in [0.2, 0.25) is 10.0 Å². The summed E-state index contributed by atoms with van der Waals surface area (Å²) in [4.78, 5) is 0.266. The summed E-state index contributed by atoms with van der Waals surface area (Å²) in [6, 6.07) is 4.96. The molecule has 0 aliphatic carbocycles. The van der Waals surface area contributed by atoms with Gasteiger partial charge in [-0.15, -0.1) is 0 Å². The Balaban J connectivity index is 2.90. The van der Waals surface area contributed by atoms with Crippen molar-refractivity contribution in [1.29, 1.82) is 0 Å². The van der Waals surface area contributed by atoms with Crippen LogP contribution in [0.3, 0.4) is 0 Å². The lowest BCUT2D eigenvalue weighted by Crippen LogP contribution is -2.49. The van der Waals surface area contributed by atoms with Crippen molar-refractivity contribution in [1.82, 2.24) is 4.72 Å². The van der Waals surface area contributed by atoms with Crippen LogP contribution >= 0.6 is 15.9 Å². The zero-order valence-corrected chi connectivity index (χ0v) is 13.9. The maximum absolute atomic E-state index is 12.2. The minimum absolute atomic E-state index is 0.247. The maximum Gasteiger partial charge on any atom is 0.240 e. The molecule has 0 bridgehead atoms. The second-order valence-corrected chi connectivity index (χ2v) is 7.43. The maximum atomic E-state index is 12.2. The number of halogens is 1. The molecule has 0 fully saturated rings. The van der Waals surface area contributed by atoms with Crippen molar-refractivity contribution in [2.75, 3.05) is 6.54 Å². The van der Waals surface area contributed by atoms with Gasteiger partial charge in [-0.1, -0.05) is 29.8 Å². The van der Waals surface area contributed by atoms with E-state index in [9.17, 15) is 8.42 Å². The molecule has 0 spiro atoms. The van der Waals surface area contributed by atoms with E-state index in [-0.39, 0.29) is 11.4 Å². The van der Waals surface area contributed by atoms with Crippen LogP contribution in [0.5, 0.6) is 0 Å². The average molecular weight is 349 g/mol. The van der Waals surface area contributed by atoms with Gasteiger partial charge in [-0.3, -0.25) is 0 Å². The molecule has 0 aromatic heterocycles. The number of nitrogens with two attached hydrogens (primary N) is 1. The number of rotatable bonds is 6. The van der Waals surface area contributed by atoms with Gasteiger partial charge >= 0.3 is 0 Å². The molecule has 0 atom stereocenters. The molecule has 1 aromatic rings. The Hall–Kier alpha value is -0.430. The van der Waals surface area contributed by atoms with Gasteiger partial charge in [-0.25, -0.2) is 13.1 Å². The lowest BCUT2D eigenvalue weighted by atomic mass is 9.95. The first-order chi connectivity index (χ1) is 8.74. The molecule has 0 heterocycles. The summed E-state index contributed by atoms with van der Waals surface area (Å²) in [6.45, 7) is 6.02. The van der Waals surface area contributed by atoms with Gasteiger partial charge in [0.05, 0.1) is 4.90 Å². The first-order valence-electron chi connectivity index (χ1n) is 6.29. The molecule has 3 N–H and O–H groups in total. The zero-order chi connectivity index (χ0) is 14.7. The van der Waals surface area contributed by atoms with E-state index in [1.807, 2.05) is 20.8 Å².